The molecule has 3 rings (SSSR count). The lowest BCUT2D eigenvalue weighted by atomic mass is 9.94. The van der Waals surface area contributed by atoms with E-state index in [0.29, 0.717) is 5.15 Å². The first-order chi connectivity index (χ1) is 8.61. The highest BCUT2D eigenvalue weighted by atomic mass is 35.5. The molecule has 1 saturated heterocycles. The van der Waals surface area contributed by atoms with E-state index in [0.717, 1.165) is 11.1 Å². The molecule has 2 unspecified atom stereocenters. The maximum atomic E-state index is 12.9. The largest absolute Gasteiger partial charge is 0.356 e. The van der Waals surface area contributed by atoms with Crippen molar-refractivity contribution in [2.75, 3.05) is 0 Å². The lowest BCUT2D eigenvalue weighted by Crippen LogP contribution is -2.05. The van der Waals surface area contributed by atoms with Gasteiger partial charge >= 0.3 is 0 Å². The van der Waals surface area contributed by atoms with Gasteiger partial charge in [0.2, 0.25) is 0 Å². The average molecular weight is 263 g/mol. The van der Waals surface area contributed by atoms with E-state index in [1.165, 1.54) is 12.1 Å². The van der Waals surface area contributed by atoms with Gasteiger partial charge in [-0.05, 0) is 30.7 Å². The molecule has 0 N–H and O–H groups in total. The minimum atomic E-state index is -0.694. The fourth-order valence-corrected chi connectivity index (χ4v) is 2.25. The van der Waals surface area contributed by atoms with Gasteiger partial charge in [0, 0.05) is 11.8 Å². The Bertz CT molecular complexity index is 587. The molecule has 2 heterocycles. The molecule has 1 fully saturated rings. The van der Waals surface area contributed by atoms with E-state index in [-0.39, 0.29) is 11.9 Å². The van der Waals surface area contributed by atoms with Gasteiger partial charge in [0.25, 0.3) is 0 Å². The van der Waals surface area contributed by atoms with E-state index >= 15 is 0 Å². The van der Waals surface area contributed by atoms with Crippen LogP contribution in [-0.4, -0.2) is 4.98 Å². The summed E-state index contributed by atoms with van der Waals surface area (Å²) in [7, 11) is 0. The molecule has 0 bridgehead atoms. The number of epoxide rings is 1. The SMILES string of the molecule is [CH2]C1(c2ccc(F)cc2)OC1c1cccnc1Cl. The highest BCUT2D eigenvalue weighted by Crippen LogP contribution is 2.57. The number of benzene rings is 1. The monoisotopic (exact) mass is 262 g/mol. The lowest BCUT2D eigenvalue weighted by molar-refractivity contribution is 0.333. The maximum absolute atomic E-state index is 12.9. The number of hydrogen-bond acceptors (Lipinski definition) is 2. The van der Waals surface area contributed by atoms with Crippen molar-refractivity contribution < 1.29 is 9.13 Å². The Morgan fingerprint density at radius 3 is 2.67 bits per heavy atom. The fraction of sp³-hybridized carbons (Fsp3) is 0.143. The molecule has 4 heteroatoms. The average Bonchev–Trinajstić information content (AvgIpc) is 3.04. The van der Waals surface area contributed by atoms with Gasteiger partial charge in [-0.2, -0.15) is 0 Å². The number of halogens is 2. The van der Waals surface area contributed by atoms with Crippen LogP contribution in [0.4, 0.5) is 4.39 Å². The van der Waals surface area contributed by atoms with Crippen molar-refractivity contribution in [1.29, 1.82) is 0 Å². The van der Waals surface area contributed by atoms with Crippen LogP contribution in [0, 0.1) is 12.7 Å². The summed E-state index contributed by atoms with van der Waals surface area (Å²) in [4.78, 5) is 4.01. The van der Waals surface area contributed by atoms with Gasteiger partial charge in [-0.1, -0.05) is 29.8 Å². The summed E-state index contributed by atoms with van der Waals surface area (Å²) in [6.45, 7) is 4.05. The van der Waals surface area contributed by atoms with Crippen LogP contribution in [0.5, 0.6) is 0 Å². The van der Waals surface area contributed by atoms with Crippen LogP contribution >= 0.6 is 11.6 Å². The van der Waals surface area contributed by atoms with Crippen LogP contribution in [0.15, 0.2) is 42.6 Å². The van der Waals surface area contributed by atoms with E-state index in [2.05, 4.69) is 11.9 Å². The third-order valence-electron chi connectivity index (χ3n) is 3.10. The molecule has 0 aliphatic carbocycles. The van der Waals surface area contributed by atoms with Gasteiger partial charge in [0.1, 0.15) is 22.7 Å². The molecule has 0 spiro atoms. The second-order valence-corrected chi connectivity index (χ2v) is 4.64. The van der Waals surface area contributed by atoms with Crippen molar-refractivity contribution >= 4 is 11.6 Å². The molecule has 2 atom stereocenters. The van der Waals surface area contributed by atoms with E-state index < -0.39 is 5.60 Å². The number of ether oxygens (including phenoxy) is 1. The minimum absolute atomic E-state index is 0.232. The Kier molecular flexibility index (Phi) is 2.61. The minimum Gasteiger partial charge on any atom is -0.356 e. The number of aromatic nitrogens is 1. The second kappa shape index (κ2) is 4.04. The number of rotatable bonds is 2. The number of hydrogen-bond donors (Lipinski definition) is 0. The lowest BCUT2D eigenvalue weighted by Gasteiger charge is -2.07. The van der Waals surface area contributed by atoms with Gasteiger partial charge in [-0.25, -0.2) is 9.37 Å². The Labute approximate surface area is 109 Å². The molecule has 1 aromatic heterocycles. The van der Waals surface area contributed by atoms with Crippen LogP contribution < -0.4 is 0 Å². The van der Waals surface area contributed by atoms with Crippen molar-refractivity contribution in [2.45, 2.75) is 11.7 Å². The van der Waals surface area contributed by atoms with E-state index in [1.807, 2.05) is 6.07 Å². The molecule has 2 aromatic rings. The third-order valence-corrected chi connectivity index (χ3v) is 3.41. The molecule has 1 aliphatic rings. The topological polar surface area (TPSA) is 25.4 Å². The smallest absolute Gasteiger partial charge is 0.134 e. The molecular formula is C14H10ClFNO. The molecule has 2 nitrogen and oxygen atoms in total. The molecule has 1 aromatic carbocycles. The van der Waals surface area contributed by atoms with Crippen LogP contribution in [0.1, 0.15) is 17.2 Å². The molecule has 0 saturated carbocycles. The Balaban J connectivity index is 1.92. The van der Waals surface area contributed by atoms with Crippen molar-refractivity contribution in [3.63, 3.8) is 0 Å². The summed E-state index contributed by atoms with van der Waals surface area (Å²) in [6, 6.07) is 9.79. The Morgan fingerprint density at radius 2 is 2.00 bits per heavy atom. The zero-order valence-corrected chi connectivity index (χ0v) is 10.2. The third kappa shape index (κ3) is 1.80. The summed E-state index contributed by atoms with van der Waals surface area (Å²) in [5, 5.41) is 0.412. The predicted molar refractivity (Wildman–Crippen MR) is 66.5 cm³/mol. The molecule has 18 heavy (non-hydrogen) atoms. The normalized spacial score (nSPS) is 26.1. The molecule has 0 amide bonds. The standard InChI is InChI=1S/C14H10ClFNO/c1-14(9-4-6-10(16)7-5-9)12(18-14)11-3-2-8-17-13(11)15/h2-8,12H,1H2. The molecular weight excluding hydrogens is 253 g/mol. The van der Waals surface area contributed by atoms with Gasteiger partial charge < -0.3 is 4.74 Å². The highest BCUT2D eigenvalue weighted by molar-refractivity contribution is 6.30. The van der Waals surface area contributed by atoms with Crippen molar-refractivity contribution in [3.8, 4) is 0 Å². The first-order valence-electron chi connectivity index (χ1n) is 5.51. The summed E-state index contributed by atoms with van der Waals surface area (Å²) in [5.74, 6) is -0.279. The molecule has 91 valence electrons. The molecule has 1 aliphatic heterocycles. The second-order valence-electron chi connectivity index (χ2n) is 4.28. The van der Waals surface area contributed by atoms with E-state index in [4.69, 9.17) is 16.3 Å². The zero-order chi connectivity index (χ0) is 12.8. The van der Waals surface area contributed by atoms with Crippen molar-refractivity contribution in [1.82, 2.24) is 4.98 Å². The summed E-state index contributed by atoms with van der Waals surface area (Å²) >= 11 is 6.02. The number of pyridine rings is 1. The van der Waals surface area contributed by atoms with Crippen LogP contribution in [0.25, 0.3) is 0 Å². The van der Waals surface area contributed by atoms with Gasteiger partial charge in [-0.3, -0.25) is 0 Å². The fourth-order valence-electron chi connectivity index (χ4n) is 2.04. The van der Waals surface area contributed by atoms with Crippen LogP contribution in [0.3, 0.4) is 0 Å². The van der Waals surface area contributed by atoms with E-state index in [9.17, 15) is 4.39 Å². The van der Waals surface area contributed by atoms with Crippen molar-refractivity contribution in [2.24, 2.45) is 0 Å². The molecule has 1 radical (unpaired) electrons. The number of nitrogens with zero attached hydrogens (tertiary/aromatic N) is 1. The van der Waals surface area contributed by atoms with Gasteiger partial charge in [-0.15, -0.1) is 0 Å². The van der Waals surface area contributed by atoms with Gasteiger partial charge in [0.05, 0.1) is 0 Å². The van der Waals surface area contributed by atoms with Gasteiger partial charge in [0.15, 0.2) is 0 Å². The Hall–Kier alpha value is -1.45. The van der Waals surface area contributed by atoms with Crippen LogP contribution in [0.2, 0.25) is 5.15 Å². The zero-order valence-electron chi connectivity index (χ0n) is 9.44. The highest BCUT2D eigenvalue weighted by Gasteiger charge is 2.55. The van der Waals surface area contributed by atoms with Crippen LogP contribution in [-0.2, 0) is 10.3 Å². The summed E-state index contributed by atoms with van der Waals surface area (Å²) in [6.07, 6.45) is 1.39. The van der Waals surface area contributed by atoms with E-state index in [1.54, 1.807) is 24.4 Å². The predicted octanol–water partition coefficient (Wildman–Crippen LogP) is 3.67. The summed E-state index contributed by atoms with van der Waals surface area (Å²) in [5.41, 5.74) is 0.938. The quantitative estimate of drug-likeness (QED) is 0.609. The first kappa shape index (κ1) is 11.6. The maximum Gasteiger partial charge on any atom is 0.134 e. The summed E-state index contributed by atoms with van der Waals surface area (Å²) < 4.78 is 18.5. The Morgan fingerprint density at radius 1 is 1.28 bits per heavy atom. The van der Waals surface area contributed by atoms with Crippen molar-refractivity contribution in [3.05, 3.63) is 71.6 Å². The first-order valence-corrected chi connectivity index (χ1v) is 5.89.